The minimum Gasteiger partial charge on any atom is -0.475 e. The van der Waals surface area contributed by atoms with E-state index in [-0.39, 0.29) is 11.5 Å². The van der Waals surface area contributed by atoms with E-state index in [1.165, 1.54) is 6.26 Å². The van der Waals surface area contributed by atoms with Crippen LogP contribution in [0, 0.1) is 5.92 Å². The molecule has 0 saturated carbocycles. The second-order valence-corrected chi connectivity index (χ2v) is 7.39. The SMILES string of the molecule is CN(C)CC1COC2(COCCN(C(=O)c3ccco3)C2)C1.O=C(O)C(F)(F)F. The number of nitrogens with zero attached hydrogens (tertiary/aromatic N) is 2. The van der Waals surface area contributed by atoms with Gasteiger partial charge >= 0.3 is 12.1 Å². The van der Waals surface area contributed by atoms with Crippen LogP contribution >= 0.6 is 0 Å². The van der Waals surface area contributed by atoms with Crippen LogP contribution in [0.3, 0.4) is 0 Å². The molecule has 0 radical (unpaired) electrons. The van der Waals surface area contributed by atoms with E-state index in [9.17, 15) is 18.0 Å². The molecule has 8 nitrogen and oxygen atoms in total. The Morgan fingerprint density at radius 3 is 2.62 bits per heavy atom. The molecule has 2 unspecified atom stereocenters. The number of furan rings is 1. The first-order valence-corrected chi connectivity index (χ1v) is 9.02. The third kappa shape index (κ3) is 6.72. The first-order chi connectivity index (χ1) is 13.5. The maximum Gasteiger partial charge on any atom is 0.490 e. The van der Waals surface area contributed by atoms with Gasteiger partial charge in [0.25, 0.3) is 5.91 Å². The van der Waals surface area contributed by atoms with Gasteiger partial charge < -0.3 is 28.8 Å². The predicted octanol–water partition coefficient (Wildman–Crippen LogP) is 1.72. The number of carbonyl (C=O) groups is 2. The van der Waals surface area contributed by atoms with Crippen LogP contribution in [0.1, 0.15) is 17.0 Å². The number of rotatable bonds is 3. The molecule has 1 N–H and O–H groups in total. The number of aliphatic carboxylic acids is 1. The summed E-state index contributed by atoms with van der Waals surface area (Å²) in [5.74, 6) is -1.99. The molecule has 164 valence electrons. The molecule has 2 saturated heterocycles. The number of carboxylic acid groups (broad SMARTS) is 1. The van der Waals surface area contributed by atoms with Crippen LogP contribution in [-0.2, 0) is 14.3 Å². The second kappa shape index (κ2) is 9.59. The van der Waals surface area contributed by atoms with Gasteiger partial charge in [0, 0.05) is 13.1 Å². The fourth-order valence-corrected chi connectivity index (χ4v) is 3.42. The molecule has 0 aliphatic carbocycles. The number of ether oxygens (including phenoxy) is 2. The van der Waals surface area contributed by atoms with Gasteiger partial charge in [0.2, 0.25) is 0 Å². The van der Waals surface area contributed by atoms with Crippen molar-refractivity contribution in [3.63, 3.8) is 0 Å². The average Bonchev–Trinajstić information content (AvgIpc) is 3.22. The van der Waals surface area contributed by atoms with Gasteiger partial charge in [-0.3, -0.25) is 4.79 Å². The van der Waals surface area contributed by atoms with Crippen molar-refractivity contribution in [3.05, 3.63) is 24.2 Å². The fraction of sp³-hybridized carbons (Fsp3) is 0.667. The lowest BCUT2D eigenvalue weighted by Gasteiger charge is -2.30. The Hall–Kier alpha value is -2.11. The van der Waals surface area contributed by atoms with Gasteiger partial charge in [-0.25, -0.2) is 4.79 Å². The summed E-state index contributed by atoms with van der Waals surface area (Å²) in [6.07, 6.45) is -2.64. The van der Waals surface area contributed by atoms with Crippen molar-refractivity contribution >= 4 is 11.9 Å². The molecule has 3 heterocycles. The van der Waals surface area contributed by atoms with Gasteiger partial charge in [-0.1, -0.05) is 0 Å². The van der Waals surface area contributed by atoms with Crippen molar-refractivity contribution in [1.29, 1.82) is 0 Å². The summed E-state index contributed by atoms with van der Waals surface area (Å²) in [5, 5.41) is 7.12. The molecular weight excluding hydrogens is 397 g/mol. The Kier molecular flexibility index (Phi) is 7.66. The Bertz CT molecular complexity index is 680. The molecule has 0 aromatic carbocycles. The molecule has 11 heteroatoms. The normalized spacial score (nSPS) is 24.9. The second-order valence-electron chi connectivity index (χ2n) is 7.39. The van der Waals surface area contributed by atoms with Crippen LogP contribution < -0.4 is 0 Å². The zero-order chi connectivity index (χ0) is 21.7. The average molecular weight is 422 g/mol. The van der Waals surface area contributed by atoms with Gasteiger partial charge in [0.1, 0.15) is 5.60 Å². The predicted molar refractivity (Wildman–Crippen MR) is 94.5 cm³/mol. The Labute approximate surface area is 166 Å². The molecule has 2 fully saturated rings. The third-order valence-electron chi connectivity index (χ3n) is 4.52. The number of halogens is 3. The molecule has 2 aliphatic rings. The number of carbonyl (C=O) groups excluding carboxylic acids is 1. The van der Waals surface area contributed by atoms with Crippen LogP contribution in [0.2, 0.25) is 0 Å². The topological polar surface area (TPSA) is 92.5 Å². The Morgan fingerprint density at radius 1 is 1.38 bits per heavy atom. The Morgan fingerprint density at radius 2 is 2.07 bits per heavy atom. The van der Waals surface area contributed by atoms with Crippen LogP contribution in [0.15, 0.2) is 22.8 Å². The number of carboxylic acids is 1. The minimum atomic E-state index is -5.08. The number of amides is 1. The van der Waals surface area contributed by atoms with E-state index in [1.54, 1.807) is 17.0 Å². The summed E-state index contributed by atoms with van der Waals surface area (Å²) in [6.45, 7) is 3.95. The van der Waals surface area contributed by atoms with Crippen LogP contribution in [-0.4, -0.2) is 92.1 Å². The largest absolute Gasteiger partial charge is 0.490 e. The number of hydrogen-bond acceptors (Lipinski definition) is 6. The van der Waals surface area contributed by atoms with Crippen molar-refractivity contribution < 1.29 is 41.8 Å². The molecule has 3 rings (SSSR count). The van der Waals surface area contributed by atoms with E-state index in [0.29, 0.717) is 38.0 Å². The highest BCUT2D eigenvalue weighted by molar-refractivity contribution is 5.91. The van der Waals surface area contributed by atoms with E-state index in [0.717, 1.165) is 19.6 Å². The van der Waals surface area contributed by atoms with Gasteiger partial charge in [-0.2, -0.15) is 13.2 Å². The quantitative estimate of drug-likeness (QED) is 0.793. The fourth-order valence-electron chi connectivity index (χ4n) is 3.42. The smallest absolute Gasteiger partial charge is 0.475 e. The van der Waals surface area contributed by atoms with Gasteiger partial charge in [0.05, 0.1) is 32.6 Å². The van der Waals surface area contributed by atoms with Crippen LogP contribution in [0.5, 0.6) is 0 Å². The molecule has 29 heavy (non-hydrogen) atoms. The van der Waals surface area contributed by atoms with Crippen molar-refractivity contribution in [3.8, 4) is 0 Å². The maximum atomic E-state index is 12.5. The number of alkyl halides is 3. The summed E-state index contributed by atoms with van der Waals surface area (Å²) >= 11 is 0. The summed E-state index contributed by atoms with van der Waals surface area (Å²) in [7, 11) is 4.14. The lowest BCUT2D eigenvalue weighted by molar-refractivity contribution is -0.192. The van der Waals surface area contributed by atoms with Crippen LogP contribution in [0.4, 0.5) is 13.2 Å². The highest BCUT2D eigenvalue weighted by atomic mass is 19.4. The van der Waals surface area contributed by atoms with Crippen molar-refractivity contribution in [2.24, 2.45) is 5.92 Å². The highest BCUT2D eigenvalue weighted by Gasteiger charge is 2.44. The third-order valence-corrected chi connectivity index (χ3v) is 4.52. The summed E-state index contributed by atoms with van der Waals surface area (Å²) in [4.78, 5) is 25.4. The number of hydrogen-bond donors (Lipinski definition) is 1. The van der Waals surface area contributed by atoms with Gasteiger partial charge in [0.15, 0.2) is 5.76 Å². The lowest BCUT2D eigenvalue weighted by Crippen LogP contribution is -2.46. The Balaban J connectivity index is 0.000000370. The van der Waals surface area contributed by atoms with Gasteiger partial charge in [-0.15, -0.1) is 0 Å². The standard InChI is InChI=1S/C16H24N2O4.C2HF3O2/c1-17(2)9-13-8-16(22-10-13)11-18(5-7-20-12-16)15(19)14-4-3-6-21-14;3-2(4,5)1(6)7/h3-4,6,13H,5,7-12H2,1-2H3;(H,6,7). The molecular formula is C18H25F3N2O6. The summed E-state index contributed by atoms with van der Waals surface area (Å²) < 4.78 is 48.8. The van der Waals surface area contributed by atoms with E-state index in [1.807, 2.05) is 0 Å². The van der Waals surface area contributed by atoms with Crippen molar-refractivity contribution in [1.82, 2.24) is 9.80 Å². The lowest BCUT2D eigenvalue weighted by atomic mass is 9.94. The molecule has 0 bridgehead atoms. The first kappa shape index (κ1) is 23.2. The molecule has 1 spiro atoms. The maximum absolute atomic E-state index is 12.5. The van der Waals surface area contributed by atoms with E-state index < -0.39 is 12.1 Å². The zero-order valence-corrected chi connectivity index (χ0v) is 16.3. The monoisotopic (exact) mass is 422 g/mol. The minimum absolute atomic E-state index is 0.0884. The molecule has 1 aromatic heterocycles. The highest BCUT2D eigenvalue weighted by Crippen LogP contribution is 2.33. The zero-order valence-electron chi connectivity index (χ0n) is 16.3. The van der Waals surface area contributed by atoms with E-state index >= 15 is 0 Å². The summed E-state index contributed by atoms with van der Waals surface area (Å²) in [5.41, 5.74) is -0.376. The molecule has 1 amide bonds. The summed E-state index contributed by atoms with van der Waals surface area (Å²) in [6, 6.07) is 3.43. The molecule has 2 aliphatic heterocycles. The van der Waals surface area contributed by atoms with E-state index in [4.69, 9.17) is 23.8 Å². The van der Waals surface area contributed by atoms with Crippen LogP contribution in [0.25, 0.3) is 0 Å². The first-order valence-electron chi connectivity index (χ1n) is 9.02. The molecule has 1 aromatic rings. The van der Waals surface area contributed by atoms with E-state index in [2.05, 4.69) is 19.0 Å². The van der Waals surface area contributed by atoms with Gasteiger partial charge in [-0.05, 0) is 38.6 Å². The molecule has 2 atom stereocenters. The van der Waals surface area contributed by atoms with Crippen molar-refractivity contribution in [2.45, 2.75) is 18.2 Å². The van der Waals surface area contributed by atoms with Crippen molar-refractivity contribution in [2.75, 3.05) is 53.6 Å².